The summed E-state index contributed by atoms with van der Waals surface area (Å²) in [6, 6.07) is 0.471. The molecular formula is C20H34IN3O3. The highest BCUT2D eigenvalue weighted by Crippen LogP contribution is 2.60. The van der Waals surface area contributed by atoms with Crippen molar-refractivity contribution in [1.82, 2.24) is 10.2 Å². The van der Waals surface area contributed by atoms with E-state index in [-0.39, 0.29) is 35.9 Å². The van der Waals surface area contributed by atoms with Crippen LogP contribution in [0, 0.1) is 17.3 Å². The average molecular weight is 491 g/mol. The van der Waals surface area contributed by atoms with E-state index in [0.29, 0.717) is 36.6 Å². The molecule has 2 aliphatic carbocycles. The highest BCUT2D eigenvalue weighted by molar-refractivity contribution is 14.0. The quantitative estimate of drug-likeness (QED) is 0.285. The molecular weight excluding hydrogens is 457 g/mol. The van der Waals surface area contributed by atoms with Crippen molar-refractivity contribution >= 4 is 35.9 Å². The molecule has 4 fully saturated rings. The van der Waals surface area contributed by atoms with E-state index < -0.39 is 0 Å². The molecule has 154 valence electrons. The molecule has 0 bridgehead atoms. The second-order valence-electron chi connectivity index (χ2n) is 8.39. The summed E-state index contributed by atoms with van der Waals surface area (Å²) in [6.45, 7) is 4.90. The molecule has 0 radical (unpaired) electrons. The van der Waals surface area contributed by atoms with Gasteiger partial charge in [-0.1, -0.05) is 12.8 Å². The number of guanidine groups is 1. The summed E-state index contributed by atoms with van der Waals surface area (Å²) in [5, 5.41) is 3.81. The van der Waals surface area contributed by atoms with Gasteiger partial charge in [0.2, 0.25) is 0 Å². The van der Waals surface area contributed by atoms with E-state index in [9.17, 15) is 4.79 Å². The van der Waals surface area contributed by atoms with E-state index in [0.717, 1.165) is 38.4 Å². The van der Waals surface area contributed by atoms with Crippen LogP contribution in [-0.2, 0) is 14.3 Å². The first-order valence-corrected chi connectivity index (χ1v) is 10.5. The van der Waals surface area contributed by atoms with E-state index in [1.54, 1.807) is 0 Å². The molecule has 3 unspecified atom stereocenters. The number of hydrogen-bond donors (Lipinski definition) is 1. The number of esters is 1. The van der Waals surface area contributed by atoms with Crippen LogP contribution < -0.4 is 5.32 Å². The fourth-order valence-corrected chi connectivity index (χ4v) is 5.96. The normalized spacial score (nSPS) is 34.6. The zero-order valence-corrected chi connectivity index (χ0v) is 18.9. The fourth-order valence-electron chi connectivity index (χ4n) is 5.96. The fraction of sp³-hybridized carbons (Fsp3) is 0.900. The number of nitrogens with one attached hydrogen (secondary N) is 1. The van der Waals surface area contributed by atoms with E-state index in [4.69, 9.17) is 9.47 Å². The molecule has 7 heteroatoms. The molecule has 0 aromatic heterocycles. The average Bonchev–Trinajstić information content (AvgIpc) is 3.31. The predicted octanol–water partition coefficient (Wildman–Crippen LogP) is 2.80. The van der Waals surface area contributed by atoms with Crippen molar-refractivity contribution in [2.75, 3.05) is 33.4 Å². The van der Waals surface area contributed by atoms with Crippen molar-refractivity contribution < 1.29 is 14.3 Å². The third-order valence-electron chi connectivity index (χ3n) is 7.12. The number of hydrogen-bond acceptors (Lipinski definition) is 4. The van der Waals surface area contributed by atoms with Gasteiger partial charge in [0, 0.05) is 44.1 Å². The maximum absolute atomic E-state index is 12.2. The summed E-state index contributed by atoms with van der Waals surface area (Å²) in [5.41, 5.74) is 0.313. The summed E-state index contributed by atoms with van der Waals surface area (Å²) in [7, 11) is 1.86. The molecule has 1 spiro atoms. The van der Waals surface area contributed by atoms with Crippen LogP contribution in [0.15, 0.2) is 4.99 Å². The lowest BCUT2D eigenvalue weighted by atomic mass is 9.54. The molecule has 2 heterocycles. The molecule has 27 heavy (non-hydrogen) atoms. The molecule has 4 rings (SSSR count). The third kappa shape index (κ3) is 3.70. The van der Waals surface area contributed by atoms with Crippen LogP contribution in [-0.4, -0.2) is 62.3 Å². The first-order chi connectivity index (χ1) is 12.7. The Balaban J connectivity index is 0.00000210. The van der Waals surface area contributed by atoms with Gasteiger partial charge >= 0.3 is 5.97 Å². The molecule has 1 N–H and O–H groups in total. The van der Waals surface area contributed by atoms with Gasteiger partial charge in [0.05, 0.1) is 18.6 Å². The van der Waals surface area contributed by atoms with Crippen molar-refractivity contribution in [1.29, 1.82) is 0 Å². The maximum Gasteiger partial charge on any atom is 0.310 e. The highest BCUT2D eigenvalue weighted by atomic mass is 127. The van der Waals surface area contributed by atoms with Gasteiger partial charge in [-0.25, -0.2) is 0 Å². The number of carbonyl (C=O) groups is 1. The van der Waals surface area contributed by atoms with E-state index >= 15 is 0 Å². The van der Waals surface area contributed by atoms with Crippen LogP contribution in [0.3, 0.4) is 0 Å². The number of fused-ring (bicyclic) bond motifs is 2. The van der Waals surface area contributed by atoms with Crippen LogP contribution in [0.5, 0.6) is 0 Å². The first kappa shape index (κ1) is 21.1. The van der Waals surface area contributed by atoms with Gasteiger partial charge in [0.1, 0.15) is 0 Å². The monoisotopic (exact) mass is 491 g/mol. The third-order valence-corrected chi connectivity index (χ3v) is 7.12. The second-order valence-corrected chi connectivity index (χ2v) is 8.39. The number of piperidine rings is 1. The number of halogens is 1. The van der Waals surface area contributed by atoms with E-state index in [1.807, 2.05) is 14.0 Å². The minimum Gasteiger partial charge on any atom is -0.466 e. The predicted molar refractivity (Wildman–Crippen MR) is 115 cm³/mol. The summed E-state index contributed by atoms with van der Waals surface area (Å²) >= 11 is 0. The Morgan fingerprint density at radius 2 is 2.07 bits per heavy atom. The molecule has 4 aliphatic rings. The standard InChI is InChI=1S/C20H33N3O3.HI/c1-3-25-18(24)14-7-6-11-23(13-14)19(21-2)22-16-15-8-12-26-17(15)20(16)9-4-5-10-20;/h14-17H,3-13H2,1-2H3,(H,21,22);1H/t14-,15?,16?,17?;/m0./s1. The van der Waals surface area contributed by atoms with Gasteiger partial charge in [0.15, 0.2) is 5.96 Å². The number of nitrogens with zero attached hydrogens (tertiary/aromatic N) is 2. The zero-order chi connectivity index (χ0) is 18.1. The second kappa shape index (κ2) is 8.84. The topological polar surface area (TPSA) is 63.2 Å². The lowest BCUT2D eigenvalue weighted by Gasteiger charge is -2.57. The van der Waals surface area contributed by atoms with Crippen LogP contribution in [0.4, 0.5) is 0 Å². The van der Waals surface area contributed by atoms with Gasteiger partial charge in [-0.05, 0) is 39.0 Å². The molecule has 0 aromatic rings. The minimum absolute atomic E-state index is 0. The summed E-state index contributed by atoms with van der Waals surface area (Å²) in [6.07, 6.45) is 8.72. The molecule has 0 aromatic carbocycles. The van der Waals surface area contributed by atoms with Crippen molar-refractivity contribution in [3.63, 3.8) is 0 Å². The Morgan fingerprint density at radius 3 is 2.78 bits per heavy atom. The van der Waals surface area contributed by atoms with Crippen LogP contribution in [0.1, 0.15) is 51.9 Å². The van der Waals surface area contributed by atoms with Gasteiger partial charge < -0.3 is 19.7 Å². The van der Waals surface area contributed by atoms with Gasteiger partial charge in [-0.2, -0.15) is 0 Å². The van der Waals surface area contributed by atoms with E-state index in [2.05, 4.69) is 15.2 Å². The van der Waals surface area contributed by atoms with Crippen molar-refractivity contribution in [3.8, 4) is 0 Å². The molecule has 2 aliphatic heterocycles. The molecule has 6 nitrogen and oxygen atoms in total. The van der Waals surface area contributed by atoms with Crippen LogP contribution in [0.2, 0.25) is 0 Å². The van der Waals surface area contributed by atoms with E-state index in [1.165, 1.54) is 25.7 Å². The molecule has 2 saturated heterocycles. The maximum atomic E-state index is 12.2. The number of aliphatic imine (C=N–C) groups is 1. The largest absolute Gasteiger partial charge is 0.466 e. The molecule has 0 amide bonds. The minimum atomic E-state index is -0.0622. The number of carbonyl (C=O) groups excluding carboxylic acids is 1. The van der Waals surface area contributed by atoms with Crippen molar-refractivity contribution in [3.05, 3.63) is 0 Å². The Morgan fingerprint density at radius 1 is 1.30 bits per heavy atom. The number of ether oxygens (including phenoxy) is 2. The smallest absolute Gasteiger partial charge is 0.310 e. The molecule has 2 saturated carbocycles. The Hall–Kier alpha value is -0.570. The SMILES string of the molecule is CCOC(=O)[C@H]1CCCN(C(=NC)NC2C3CCOC3C23CCCC3)C1.I. The van der Waals surface area contributed by atoms with Crippen LogP contribution in [0.25, 0.3) is 0 Å². The number of likely N-dealkylation sites (tertiary alicyclic amines) is 1. The van der Waals surface area contributed by atoms with Gasteiger partial charge in [-0.3, -0.25) is 9.79 Å². The highest BCUT2D eigenvalue weighted by Gasteiger charge is 2.65. The van der Waals surface area contributed by atoms with Crippen molar-refractivity contribution in [2.24, 2.45) is 22.2 Å². The molecule has 4 atom stereocenters. The lowest BCUT2D eigenvalue weighted by Crippen LogP contribution is -2.69. The Bertz CT molecular complexity index is 565. The zero-order valence-electron chi connectivity index (χ0n) is 16.6. The van der Waals surface area contributed by atoms with Gasteiger partial charge in [0.25, 0.3) is 0 Å². The Labute approximate surface area is 179 Å². The Kier molecular flexibility index (Phi) is 6.93. The summed E-state index contributed by atoms with van der Waals surface area (Å²) in [5.74, 6) is 1.48. The lowest BCUT2D eigenvalue weighted by molar-refractivity contribution is -0.149. The summed E-state index contributed by atoms with van der Waals surface area (Å²) < 4.78 is 11.3. The number of rotatable bonds is 3. The first-order valence-electron chi connectivity index (χ1n) is 10.5. The summed E-state index contributed by atoms with van der Waals surface area (Å²) in [4.78, 5) is 19.0. The van der Waals surface area contributed by atoms with Gasteiger partial charge in [-0.15, -0.1) is 24.0 Å². The van der Waals surface area contributed by atoms with Crippen LogP contribution >= 0.6 is 24.0 Å². The van der Waals surface area contributed by atoms with Crippen molar-refractivity contribution in [2.45, 2.75) is 64.0 Å².